The molecule has 1 aromatic carbocycles. The summed E-state index contributed by atoms with van der Waals surface area (Å²) < 4.78 is 10.8. The molecule has 1 aliphatic rings. The van der Waals surface area contributed by atoms with Gasteiger partial charge in [-0.25, -0.2) is 9.59 Å². The van der Waals surface area contributed by atoms with Gasteiger partial charge in [-0.1, -0.05) is 43.5 Å². The molecule has 0 N–H and O–H groups in total. The molecule has 0 saturated carbocycles. The quantitative estimate of drug-likeness (QED) is 0.482. The molecule has 2 rings (SSSR count). The molecule has 1 heterocycles. The second-order valence-corrected chi connectivity index (χ2v) is 8.43. The van der Waals surface area contributed by atoms with Gasteiger partial charge in [0, 0.05) is 36.1 Å². The van der Waals surface area contributed by atoms with E-state index in [1.165, 1.54) is 6.08 Å². The fourth-order valence-electron chi connectivity index (χ4n) is 3.95. The zero-order valence-corrected chi connectivity index (χ0v) is 17.7. The fourth-order valence-corrected chi connectivity index (χ4v) is 3.95. The fraction of sp³-hybridized carbons (Fsp3) is 0.478. The van der Waals surface area contributed by atoms with Crippen LogP contribution in [0.2, 0.25) is 0 Å². The van der Waals surface area contributed by atoms with Gasteiger partial charge in [0.05, 0.1) is 0 Å². The molecule has 1 atom stereocenters. The molecule has 1 saturated heterocycles. The minimum Gasteiger partial charge on any atom is -0.459 e. The summed E-state index contributed by atoms with van der Waals surface area (Å²) in [6.45, 7) is 15.1. The smallest absolute Gasteiger partial charge is 0.330 e. The van der Waals surface area contributed by atoms with E-state index in [4.69, 9.17) is 14.3 Å². The van der Waals surface area contributed by atoms with Gasteiger partial charge in [-0.2, -0.15) is 5.06 Å². The Morgan fingerprint density at radius 3 is 2.14 bits per heavy atom. The molecule has 1 fully saturated rings. The van der Waals surface area contributed by atoms with E-state index in [1.54, 1.807) is 0 Å². The predicted molar refractivity (Wildman–Crippen MR) is 111 cm³/mol. The van der Waals surface area contributed by atoms with Crippen molar-refractivity contribution in [1.29, 1.82) is 0 Å². The Hall–Kier alpha value is -2.44. The summed E-state index contributed by atoms with van der Waals surface area (Å²) in [5.41, 5.74) is 0.0448. The van der Waals surface area contributed by atoms with Crippen LogP contribution in [0.1, 0.15) is 52.2 Å². The molecule has 6 nitrogen and oxygen atoms in total. The highest BCUT2D eigenvalue weighted by Gasteiger charge is 2.48. The molecular formula is C23H31NO5. The van der Waals surface area contributed by atoms with E-state index in [1.807, 2.05) is 63.1 Å². The number of benzene rings is 1. The van der Waals surface area contributed by atoms with Crippen molar-refractivity contribution in [1.82, 2.24) is 5.06 Å². The van der Waals surface area contributed by atoms with Crippen molar-refractivity contribution >= 4 is 11.9 Å². The van der Waals surface area contributed by atoms with Gasteiger partial charge in [0.1, 0.15) is 18.8 Å². The predicted octanol–water partition coefficient (Wildman–Crippen LogP) is 4.14. The molecule has 0 amide bonds. The van der Waals surface area contributed by atoms with Gasteiger partial charge in [-0.3, -0.25) is 4.84 Å². The van der Waals surface area contributed by atoms with Crippen molar-refractivity contribution in [3.8, 4) is 0 Å². The second kappa shape index (κ2) is 9.37. The van der Waals surface area contributed by atoms with Crippen LogP contribution in [-0.2, 0) is 23.9 Å². The monoisotopic (exact) mass is 401 g/mol. The maximum atomic E-state index is 11.7. The first-order valence-corrected chi connectivity index (χ1v) is 9.73. The third-order valence-corrected chi connectivity index (χ3v) is 4.95. The number of hydrogen-bond acceptors (Lipinski definition) is 6. The summed E-state index contributed by atoms with van der Waals surface area (Å²) >= 11 is 0. The van der Waals surface area contributed by atoms with Crippen molar-refractivity contribution in [2.75, 3.05) is 6.61 Å². The first kappa shape index (κ1) is 22.8. The summed E-state index contributed by atoms with van der Waals surface area (Å²) in [6.07, 6.45) is 2.80. The van der Waals surface area contributed by atoms with E-state index >= 15 is 0 Å². The zero-order valence-electron chi connectivity index (χ0n) is 17.7. The Labute approximate surface area is 173 Å². The summed E-state index contributed by atoms with van der Waals surface area (Å²) in [6, 6.07) is 9.62. The lowest BCUT2D eigenvalue weighted by Gasteiger charge is -2.54. The van der Waals surface area contributed by atoms with Gasteiger partial charge in [-0.15, -0.1) is 0 Å². The molecule has 1 unspecified atom stereocenters. The summed E-state index contributed by atoms with van der Waals surface area (Å²) in [4.78, 5) is 29.7. The molecule has 1 aromatic rings. The summed E-state index contributed by atoms with van der Waals surface area (Å²) in [7, 11) is 0. The standard InChI is InChI=1S/C23H31NO5/c1-7-20(25)27-16-19(17-12-10-9-11-13-17)29-24-22(3,4)14-18(15-23(24,5)6)28-21(26)8-2/h7-13,18-19H,1-2,14-16H2,3-6H3. The average Bonchev–Trinajstić information content (AvgIpc) is 2.66. The highest BCUT2D eigenvalue weighted by molar-refractivity contribution is 5.81. The van der Waals surface area contributed by atoms with Crippen LogP contribution in [0.15, 0.2) is 55.6 Å². The number of hydrogen-bond donors (Lipinski definition) is 0. The van der Waals surface area contributed by atoms with Crippen LogP contribution in [-0.4, -0.2) is 40.8 Å². The second-order valence-electron chi connectivity index (χ2n) is 8.43. The van der Waals surface area contributed by atoms with Crippen molar-refractivity contribution in [3.63, 3.8) is 0 Å². The molecule has 0 bridgehead atoms. The third-order valence-electron chi connectivity index (χ3n) is 4.95. The van der Waals surface area contributed by atoms with Gasteiger partial charge in [0.25, 0.3) is 0 Å². The van der Waals surface area contributed by atoms with Crippen LogP contribution >= 0.6 is 0 Å². The number of ether oxygens (including phenoxy) is 2. The van der Waals surface area contributed by atoms with Crippen LogP contribution in [0, 0.1) is 0 Å². The normalized spacial score (nSPS) is 19.7. The van der Waals surface area contributed by atoms with Gasteiger partial charge in [0.15, 0.2) is 0 Å². The van der Waals surface area contributed by atoms with Crippen molar-refractivity contribution in [3.05, 3.63) is 61.2 Å². The maximum Gasteiger partial charge on any atom is 0.330 e. The zero-order chi connectivity index (χ0) is 21.7. The molecule has 6 heteroatoms. The van der Waals surface area contributed by atoms with Gasteiger partial charge >= 0.3 is 11.9 Å². The Balaban J connectivity index is 2.24. The molecule has 29 heavy (non-hydrogen) atoms. The Bertz CT molecular complexity index is 723. The van der Waals surface area contributed by atoms with Crippen LogP contribution in [0.3, 0.4) is 0 Å². The topological polar surface area (TPSA) is 65.1 Å². The highest BCUT2D eigenvalue weighted by Crippen LogP contribution is 2.41. The molecule has 0 spiro atoms. The Morgan fingerprint density at radius 1 is 1.07 bits per heavy atom. The minimum atomic E-state index is -0.497. The van der Waals surface area contributed by atoms with Crippen LogP contribution < -0.4 is 0 Å². The van der Waals surface area contributed by atoms with Gasteiger partial charge < -0.3 is 9.47 Å². The van der Waals surface area contributed by atoms with E-state index in [0.717, 1.165) is 11.6 Å². The molecule has 0 aliphatic carbocycles. The van der Waals surface area contributed by atoms with E-state index in [0.29, 0.717) is 12.8 Å². The molecule has 1 aliphatic heterocycles. The number of nitrogens with zero attached hydrogens (tertiary/aromatic N) is 1. The third kappa shape index (κ3) is 6.02. The Morgan fingerprint density at radius 2 is 1.62 bits per heavy atom. The van der Waals surface area contributed by atoms with Crippen molar-refractivity contribution in [2.45, 2.75) is 63.8 Å². The molecular weight excluding hydrogens is 370 g/mol. The summed E-state index contributed by atoms with van der Waals surface area (Å²) in [5.74, 6) is -0.919. The SMILES string of the molecule is C=CC(=O)OCC(ON1C(C)(C)CC(OC(=O)C=C)CC1(C)C)c1ccccc1. The van der Waals surface area contributed by atoms with E-state index in [-0.39, 0.29) is 12.7 Å². The lowest BCUT2D eigenvalue weighted by atomic mass is 9.80. The number of carbonyl (C=O) groups is 2. The Kier molecular flexibility index (Phi) is 7.38. The highest BCUT2D eigenvalue weighted by atomic mass is 16.7. The van der Waals surface area contributed by atoms with Crippen molar-refractivity contribution in [2.24, 2.45) is 0 Å². The average molecular weight is 402 g/mol. The molecule has 0 aromatic heterocycles. The number of piperidine rings is 1. The van der Waals surface area contributed by atoms with E-state index in [2.05, 4.69) is 13.2 Å². The minimum absolute atomic E-state index is 0.0619. The van der Waals surface area contributed by atoms with Crippen LogP contribution in [0.5, 0.6) is 0 Å². The van der Waals surface area contributed by atoms with E-state index in [9.17, 15) is 9.59 Å². The lowest BCUT2D eigenvalue weighted by Crippen LogP contribution is -2.62. The van der Waals surface area contributed by atoms with Crippen LogP contribution in [0.4, 0.5) is 0 Å². The number of hydroxylamine groups is 2. The summed E-state index contributed by atoms with van der Waals surface area (Å²) in [5, 5.41) is 1.94. The number of carbonyl (C=O) groups excluding carboxylic acids is 2. The number of rotatable bonds is 8. The first-order chi connectivity index (χ1) is 13.6. The molecule has 0 radical (unpaired) electrons. The number of esters is 2. The maximum absolute atomic E-state index is 11.7. The lowest BCUT2D eigenvalue weighted by molar-refractivity contribution is -0.320. The van der Waals surface area contributed by atoms with Gasteiger partial charge in [0.2, 0.25) is 0 Å². The van der Waals surface area contributed by atoms with Crippen LogP contribution in [0.25, 0.3) is 0 Å². The van der Waals surface area contributed by atoms with E-state index < -0.39 is 29.1 Å². The largest absolute Gasteiger partial charge is 0.459 e. The first-order valence-electron chi connectivity index (χ1n) is 9.73. The molecule has 158 valence electrons. The van der Waals surface area contributed by atoms with Crippen molar-refractivity contribution < 1.29 is 23.9 Å². The van der Waals surface area contributed by atoms with Gasteiger partial charge in [-0.05, 0) is 33.3 Å².